The molecule has 3 rings (SSSR count). The second kappa shape index (κ2) is 8.39. The number of thiocarbonyl (C=S) groups is 1. The van der Waals surface area contributed by atoms with Gasteiger partial charge < -0.3 is 10.6 Å². The topological polar surface area (TPSA) is 24.1 Å². The molecule has 6 heteroatoms. The van der Waals surface area contributed by atoms with Crippen LogP contribution in [0.3, 0.4) is 0 Å². The summed E-state index contributed by atoms with van der Waals surface area (Å²) in [5.41, 5.74) is 0.884. The first-order valence-corrected chi connectivity index (χ1v) is 9.03. The van der Waals surface area contributed by atoms with E-state index in [9.17, 15) is 13.2 Å². The smallest absolute Gasteiger partial charge is 0.362 e. The number of anilines is 1. The lowest BCUT2D eigenvalue weighted by atomic mass is 10.0. The molecule has 2 N–H and O–H groups in total. The van der Waals surface area contributed by atoms with E-state index in [4.69, 9.17) is 12.2 Å². The molecule has 0 atom stereocenters. The van der Waals surface area contributed by atoms with Gasteiger partial charge in [0.2, 0.25) is 0 Å². The Hall–Kier alpha value is -2.60. The maximum absolute atomic E-state index is 12.7. The van der Waals surface area contributed by atoms with E-state index >= 15 is 0 Å². The van der Waals surface area contributed by atoms with Crippen molar-refractivity contribution in [2.75, 3.05) is 11.9 Å². The Labute approximate surface area is 161 Å². The molecule has 0 fully saturated rings. The Bertz CT molecular complexity index is 933. The van der Waals surface area contributed by atoms with E-state index in [1.54, 1.807) is 6.07 Å². The van der Waals surface area contributed by atoms with E-state index < -0.39 is 11.7 Å². The number of fused-ring (bicyclic) bond motifs is 1. The standard InChI is InChI=1S/C21H19F3N2S/c22-21(23,24)17-10-4-11-18(14-17)26-20(27)25-13-5-9-16-8-3-7-15-6-1-2-12-19(15)16/h1-4,6-8,10-12,14H,5,9,13H2,(H2,25,26,27). The quantitative estimate of drug-likeness (QED) is 0.428. The third-order valence-electron chi connectivity index (χ3n) is 4.24. The van der Waals surface area contributed by atoms with Crippen LogP contribution in [-0.2, 0) is 12.6 Å². The van der Waals surface area contributed by atoms with Gasteiger partial charge in [0, 0.05) is 12.2 Å². The van der Waals surface area contributed by atoms with E-state index in [1.807, 2.05) is 18.2 Å². The molecule has 0 saturated heterocycles. The van der Waals surface area contributed by atoms with E-state index in [1.165, 1.54) is 22.4 Å². The van der Waals surface area contributed by atoms with Gasteiger partial charge in [-0.1, -0.05) is 48.5 Å². The lowest BCUT2D eigenvalue weighted by Gasteiger charge is -2.13. The number of benzene rings is 3. The van der Waals surface area contributed by atoms with Crippen molar-refractivity contribution in [3.8, 4) is 0 Å². The fraction of sp³-hybridized carbons (Fsp3) is 0.190. The van der Waals surface area contributed by atoms with Gasteiger partial charge in [0.25, 0.3) is 0 Å². The van der Waals surface area contributed by atoms with Gasteiger partial charge in [0.05, 0.1) is 5.56 Å². The number of halogens is 3. The van der Waals surface area contributed by atoms with Crippen LogP contribution in [-0.4, -0.2) is 11.7 Å². The molecule has 0 heterocycles. The Balaban J connectivity index is 1.50. The molecule has 3 aromatic carbocycles. The molecule has 27 heavy (non-hydrogen) atoms. The Morgan fingerprint density at radius 3 is 2.48 bits per heavy atom. The summed E-state index contributed by atoms with van der Waals surface area (Å²) in [6, 6.07) is 19.5. The summed E-state index contributed by atoms with van der Waals surface area (Å²) in [5.74, 6) is 0. The lowest BCUT2D eigenvalue weighted by molar-refractivity contribution is -0.137. The van der Waals surface area contributed by atoms with Crippen LogP contribution >= 0.6 is 12.2 Å². The summed E-state index contributed by atoms with van der Waals surface area (Å²) in [5, 5.41) is 8.62. The van der Waals surface area contributed by atoms with Gasteiger partial charge in [0.15, 0.2) is 5.11 Å². The molecule has 0 amide bonds. The first kappa shape index (κ1) is 19.2. The fourth-order valence-electron chi connectivity index (χ4n) is 2.94. The summed E-state index contributed by atoms with van der Waals surface area (Å²) in [6.07, 6.45) is -2.62. The molecule has 0 aromatic heterocycles. The highest BCUT2D eigenvalue weighted by atomic mass is 32.1. The molecule has 3 aromatic rings. The molecule has 0 unspecified atom stereocenters. The predicted octanol–water partition coefficient (Wildman–Crippen LogP) is 5.78. The minimum atomic E-state index is -4.37. The Morgan fingerprint density at radius 2 is 1.67 bits per heavy atom. The molecule has 0 saturated carbocycles. The van der Waals surface area contributed by atoms with E-state index in [2.05, 4.69) is 34.9 Å². The molecule has 0 aliphatic carbocycles. The minimum absolute atomic E-state index is 0.312. The van der Waals surface area contributed by atoms with Gasteiger partial charge >= 0.3 is 6.18 Å². The highest BCUT2D eigenvalue weighted by Gasteiger charge is 2.30. The van der Waals surface area contributed by atoms with Crippen molar-refractivity contribution in [1.82, 2.24) is 5.32 Å². The minimum Gasteiger partial charge on any atom is -0.362 e. The van der Waals surface area contributed by atoms with Gasteiger partial charge in [0.1, 0.15) is 0 Å². The molecule has 0 spiro atoms. The van der Waals surface area contributed by atoms with Gasteiger partial charge in [-0.15, -0.1) is 0 Å². The molecule has 2 nitrogen and oxygen atoms in total. The molecule has 0 radical (unpaired) electrons. The summed E-state index contributed by atoms with van der Waals surface area (Å²) >= 11 is 5.18. The van der Waals surface area contributed by atoms with Crippen LogP contribution < -0.4 is 10.6 Å². The maximum atomic E-state index is 12.7. The Kier molecular flexibility index (Phi) is 5.96. The second-order valence-electron chi connectivity index (χ2n) is 6.20. The van der Waals surface area contributed by atoms with Crippen molar-refractivity contribution in [3.63, 3.8) is 0 Å². The summed E-state index contributed by atoms with van der Waals surface area (Å²) in [7, 11) is 0. The molecule has 0 bridgehead atoms. The van der Waals surface area contributed by atoms with Crippen molar-refractivity contribution in [2.24, 2.45) is 0 Å². The summed E-state index contributed by atoms with van der Waals surface area (Å²) < 4.78 is 38.2. The zero-order chi connectivity index (χ0) is 19.3. The summed E-state index contributed by atoms with van der Waals surface area (Å²) in [4.78, 5) is 0. The van der Waals surface area contributed by atoms with Gasteiger partial charge in [-0.2, -0.15) is 13.2 Å². The number of nitrogens with one attached hydrogen (secondary N) is 2. The van der Waals surface area contributed by atoms with Crippen molar-refractivity contribution in [2.45, 2.75) is 19.0 Å². The van der Waals surface area contributed by atoms with Crippen LogP contribution in [0, 0.1) is 0 Å². The molecular weight excluding hydrogens is 369 g/mol. The highest BCUT2D eigenvalue weighted by Crippen LogP contribution is 2.30. The molecule has 140 valence electrons. The van der Waals surface area contributed by atoms with Crippen LogP contribution in [0.4, 0.5) is 18.9 Å². The monoisotopic (exact) mass is 388 g/mol. The van der Waals surface area contributed by atoms with Crippen molar-refractivity contribution in [3.05, 3.63) is 77.9 Å². The third kappa shape index (κ3) is 5.20. The van der Waals surface area contributed by atoms with Crippen molar-refractivity contribution < 1.29 is 13.2 Å². The van der Waals surface area contributed by atoms with Gasteiger partial charge in [-0.3, -0.25) is 0 Å². The number of rotatable bonds is 5. The van der Waals surface area contributed by atoms with E-state index in [0.29, 0.717) is 17.3 Å². The van der Waals surface area contributed by atoms with Crippen molar-refractivity contribution in [1.29, 1.82) is 0 Å². The van der Waals surface area contributed by atoms with E-state index in [-0.39, 0.29) is 0 Å². The highest BCUT2D eigenvalue weighted by molar-refractivity contribution is 7.80. The van der Waals surface area contributed by atoms with Crippen LogP contribution in [0.2, 0.25) is 0 Å². The van der Waals surface area contributed by atoms with Crippen LogP contribution in [0.5, 0.6) is 0 Å². The van der Waals surface area contributed by atoms with Crippen LogP contribution in [0.15, 0.2) is 66.7 Å². The zero-order valence-electron chi connectivity index (χ0n) is 14.5. The predicted molar refractivity (Wildman–Crippen MR) is 108 cm³/mol. The Morgan fingerprint density at radius 1 is 0.926 bits per heavy atom. The van der Waals surface area contributed by atoms with Gasteiger partial charge in [-0.25, -0.2) is 0 Å². The molecule has 0 aliphatic rings. The van der Waals surface area contributed by atoms with Crippen LogP contribution in [0.1, 0.15) is 17.5 Å². The lowest BCUT2D eigenvalue weighted by Crippen LogP contribution is -2.29. The second-order valence-corrected chi connectivity index (χ2v) is 6.61. The van der Waals surface area contributed by atoms with Crippen LogP contribution in [0.25, 0.3) is 10.8 Å². The van der Waals surface area contributed by atoms with E-state index in [0.717, 1.165) is 25.0 Å². The number of aryl methyl sites for hydroxylation is 1. The zero-order valence-corrected chi connectivity index (χ0v) is 15.3. The number of hydrogen-bond donors (Lipinski definition) is 2. The number of alkyl halides is 3. The number of hydrogen-bond acceptors (Lipinski definition) is 1. The summed E-state index contributed by atoms with van der Waals surface area (Å²) in [6.45, 7) is 0.633. The average molecular weight is 388 g/mol. The normalized spacial score (nSPS) is 11.4. The average Bonchev–Trinajstić information content (AvgIpc) is 2.65. The largest absolute Gasteiger partial charge is 0.416 e. The SMILES string of the molecule is FC(F)(F)c1cccc(NC(=S)NCCCc2cccc3ccccc23)c1. The molecular formula is C21H19F3N2S. The van der Waals surface area contributed by atoms with Gasteiger partial charge in [-0.05, 0) is 59.6 Å². The van der Waals surface area contributed by atoms with Crippen molar-refractivity contribution >= 4 is 33.8 Å². The fourth-order valence-corrected chi connectivity index (χ4v) is 3.16. The maximum Gasteiger partial charge on any atom is 0.416 e. The third-order valence-corrected chi connectivity index (χ3v) is 4.48. The molecule has 0 aliphatic heterocycles. The first-order chi connectivity index (χ1) is 12.9. The first-order valence-electron chi connectivity index (χ1n) is 8.62.